The summed E-state index contributed by atoms with van der Waals surface area (Å²) >= 11 is 1.26. The van der Waals surface area contributed by atoms with E-state index in [4.69, 9.17) is 5.11 Å². The molecule has 0 radical (unpaired) electrons. The third-order valence-electron chi connectivity index (χ3n) is 3.68. The molecule has 0 aromatic heterocycles. The Balaban J connectivity index is 1.77. The molecule has 25 heavy (non-hydrogen) atoms. The van der Waals surface area contributed by atoms with Crippen molar-refractivity contribution in [2.24, 2.45) is 4.99 Å². The zero-order valence-corrected chi connectivity index (χ0v) is 14.3. The van der Waals surface area contributed by atoms with Gasteiger partial charge in [-0.05, 0) is 59.7 Å². The van der Waals surface area contributed by atoms with E-state index in [0.717, 1.165) is 17.7 Å². The van der Waals surface area contributed by atoms with Crippen LogP contribution in [0.5, 0.6) is 0 Å². The molecule has 0 aliphatic carbocycles. The minimum atomic E-state index is -0.976. The lowest BCUT2D eigenvalue weighted by atomic mass is 10.1. The molecule has 3 rings (SSSR count). The second-order valence-electron chi connectivity index (χ2n) is 5.43. The minimum Gasteiger partial charge on any atom is -0.478 e. The molecule has 0 unspecified atom stereocenters. The minimum absolute atomic E-state index is 0.212. The van der Waals surface area contributed by atoms with Crippen LogP contribution in [-0.2, 0) is 11.2 Å². The van der Waals surface area contributed by atoms with Gasteiger partial charge in [-0.3, -0.25) is 4.79 Å². The summed E-state index contributed by atoms with van der Waals surface area (Å²) in [4.78, 5) is 27.9. The van der Waals surface area contributed by atoms with Gasteiger partial charge in [0.05, 0.1) is 16.2 Å². The van der Waals surface area contributed by atoms with E-state index in [0.29, 0.717) is 10.1 Å². The van der Waals surface area contributed by atoms with E-state index in [9.17, 15) is 9.59 Å². The summed E-state index contributed by atoms with van der Waals surface area (Å²) in [6.07, 6.45) is 2.68. The average Bonchev–Trinajstić information content (AvgIpc) is 2.95. The molecule has 2 aromatic rings. The predicted octanol–water partition coefficient (Wildman–Crippen LogP) is 3.84. The largest absolute Gasteiger partial charge is 0.478 e. The number of aryl methyl sites for hydroxylation is 1. The van der Waals surface area contributed by atoms with Crippen LogP contribution >= 0.6 is 11.8 Å². The normalized spacial score (nSPS) is 17.1. The van der Waals surface area contributed by atoms with Gasteiger partial charge >= 0.3 is 5.97 Å². The van der Waals surface area contributed by atoms with E-state index in [1.807, 2.05) is 24.3 Å². The van der Waals surface area contributed by atoms with E-state index in [1.165, 1.54) is 29.5 Å². The van der Waals surface area contributed by atoms with Gasteiger partial charge in [-0.2, -0.15) is 0 Å². The van der Waals surface area contributed by atoms with E-state index < -0.39 is 5.97 Å². The van der Waals surface area contributed by atoms with E-state index in [-0.39, 0.29) is 11.5 Å². The van der Waals surface area contributed by atoms with Crippen molar-refractivity contribution in [2.75, 3.05) is 0 Å². The number of nitrogens with one attached hydrogen (secondary N) is 1. The van der Waals surface area contributed by atoms with Gasteiger partial charge in [0.1, 0.15) is 0 Å². The Morgan fingerprint density at radius 1 is 1.16 bits per heavy atom. The van der Waals surface area contributed by atoms with Crippen LogP contribution in [0.25, 0.3) is 6.08 Å². The number of aliphatic imine (C=N–C) groups is 1. The third kappa shape index (κ3) is 4.16. The molecule has 0 bridgehead atoms. The van der Waals surface area contributed by atoms with Crippen molar-refractivity contribution in [3.63, 3.8) is 0 Å². The van der Waals surface area contributed by atoms with Crippen LogP contribution in [0.2, 0.25) is 0 Å². The molecule has 1 aliphatic rings. The van der Waals surface area contributed by atoms with Crippen molar-refractivity contribution in [1.82, 2.24) is 5.32 Å². The Labute approximate surface area is 149 Å². The number of carboxylic acid groups (broad SMARTS) is 1. The lowest BCUT2D eigenvalue weighted by Crippen LogP contribution is -2.19. The molecule has 6 heteroatoms. The lowest BCUT2D eigenvalue weighted by Gasteiger charge is -1.98. The summed E-state index contributed by atoms with van der Waals surface area (Å²) in [5, 5.41) is 12.2. The second kappa shape index (κ2) is 7.36. The number of hydrogen-bond donors (Lipinski definition) is 2. The molecule has 0 saturated carbocycles. The number of hydrogen-bond acceptors (Lipinski definition) is 4. The van der Waals surface area contributed by atoms with Crippen LogP contribution in [0.4, 0.5) is 5.69 Å². The van der Waals surface area contributed by atoms with Crippen LogP contribution in [0, 0.1) is 0 Å². The fraction of sp³-hybridized carbons (Fsp3) is 0.105. The molecule has 5 nitrogen and oxygen atoms in total. The van der Waals surface area contributed by atoms with Gasteiger partial charge in [-0.1, -0.05) is 31.2 Å². The molecular formula is C19H16N2O3S. The molecule has 1 saturated heterocycles. The summed E-state index contributed by atoms with van der Waals surface area (Å²) in [5.74, 6) is -1.19. The van der Waals surface area contributed by atoms with E-state index >= 15 is 0 Å². The summed E-state index contributed by atoms with van der Waals surface area (Å²) in [5.41, 5.74) is 2.99. The SMILES string of the molecule is CCc1ccc(N=C2NC(=O)C(=Cc3ccc(C(=O)O)cc3)S2)cc1. The third-order valence-corrected chi connectivity index (χ3v) is 4.59. The number of carbonyl (C=O) groups is 2. The van der Waals surface area contributed by atoms with Crippen LogP contribution in [0.1, 0.15) is 28.4 Å². The number of carboxylic acids is 1. The first-order valence-electron chi connectivity index (χ1n) is 7.77. The van der Waals surface area contributed by atoms with Gasteiger partial charge in [0.2, 0.25) is 0 Å². The fourth-order valence-electron chi connectivity index (χ4n) is 2.28. The Morgan fingerprint density at radius 2 is 1.84 bits per heavy atom. The number of carbonyl (C=O) groups excluding carboxylic acids is 1. The van der Waals surface area contributed by atoms with Crippen LogP contribution in [0.3, 0.4) is 0 Å². The number of aromatic carboxylic acids is 1. The molecular weight excluding hydrogens is 336 g/mol. The Hall–Kier alpha value is -2.86. The Kier molecular flexibility index (Phi) is 5.00. The number of amidine groups is 1. The maximum Gasteiger partial charge on any atom is 0.335 e. The van der Waals surface area contributed by atoms with Gasteiger partial charge < -0.3 is 10.4 Å². The highest BCUT2D eigenvalue weighted by molar-refractivity contribution is 8.18. The highest BCUT2D eigenvalue weighted by Gasteiger charge is 2.23. The first-order chi connectivity index (χ1) is 12.0. The zero-order valence-electron chi connectivity index (χ0n) is 13.5. The van der Waals surface area contributed by atoms with Crippen molar-refractivity contribution in [1.29, 1.82) is 0 Å². The molecule has 126 valence electrons. The predicted molar refractivity (Wildman–Crippen MR) is 100 cm³/mol. The van der Waals surface area contributed by atoms with Gasteiger partial charge in [-0.15, -0.1) is 0 Å². The van der Waals surface area contributed by atoms with Gasteiger partial charge in [0, 0.05) is 0 Å². The smallest absolute Gasteiger partial charge is 0.335 e. The van der Waals surface area contributed by atoms with Crippen LogP contribution in [0.15, 0.2) is 58.4 Å². The topological polar surface area (TPSA) is 78.8 Å². The summed E-state index contributed by atoms with van der Waals surface area (Å²) in [6.45, 7) is 2.09. The van der Waals surface area contributed by atoms with E-state index in [2.05, 4.69) is 17.2 Å². The molecule has 2 N–H and O–H groups in total. The Morgan fingerprint density at radius 3 is 2.44 bits per heavy atom. The van der Waals surface area contributed by atoms with Crippen molar-refractivity contribution in [2.45, 2.75) is 13.3 Å². The quantitative estimate of drug-likeness (QED) is 0.820. The highest BCUT2D eigenvalue weighted by Crippen LogP contribution is 2.28. The number of rotatable bonds is 4. The van der Waals surface area contributed by atoms with Gasteiger partial charge in [0.15, 0.2) is 5.17 Å². The van der Waals surface area contributed by atoms with Gasteiger partial charge in [0.25, 0.3) is 5.91 Å². The number of nitrogens with zero attached hydrogens (tertiary/aromatic N) is 1. The highest BCUT2D eigenvalue weighted by atomic mass is 32.2. The summed E-state index contributed by atoms with van der Waals surface area (Å²) < 4.78 is 0. The second-order valence-corrected chi connectivity index (χ2v) is 6.46. The average molecular weight is 352 g/mol. The molecule has 1 amide bonds. The lowest BCUT2D eigenvalue weighted by molar-refractivity contribution is -0.115. The van der Waals surface area contributed by atoms with Crippen molar-refractivity contribution in [3.8, 4) is 0 Å². The summed E-state index contributed by atoms with van der Waals surface area (Å²) in [7, 11) is 0. The Bertz CT molecular complexity index is 869. The monoisotopic (exact) mass is 352 g/mol. The maximum absolute atomic E-state index is 12.1. The molecule has 2 aromatic carbocycles. The van der Waals surface area contributed by atoms with Crippen molar-refractivity contribution < 1.29 is 14.7 Å². The molecule has 1 aliphatic heterocycles. The number of benzene rings is 2. The molecule has 1 fully saturated rings. The fourth-order valence-corrected chi connectivity index (χ4v) is 3.12. The van der Waals surface area contributed by atoms with Crippen LogP contribution < -0.4 is 5.32 Å². The standard InChI is InChI=1S/C19H16N2O3S/c1-2-12-5-9-15(10-6-12)20-19-21-17(22)16(25-19)11-13-3-7-14(8-4-13)18(23)24/h3-11H,2H2,1H3,(H,23,24)(H,20,21,22). The number of amides is 1. The van der Waals surface area contributed by atoms with Gasteiger partial charge in [-0.25, -0.2) is 9.79 Å². The molecule has 0 spiro atoms. The van der Waals surface area contributed by atoms with Crippen molar-refractivity contribution >= 4 is 40.6 Å². The maximum atomic E-state index is 12.1. The van der Waals surface area contributed by atoms with Crippen LogP contribution in [-0.4, -0.2) is 22.2 Å². The molecule has 0 atom stereocenters. The number of thioether (sulfide) groups is 1. The zero-order chi connectivity index (χ0) is 17.8. The first-order valence-corrected chi connectivity index (χ1v) is 8.58. The molecule has 1 heterocycles. The summed E-state index contributed by atoms with van der Waals surface area (Å²) in [6, 6.07) is 14.2. The first kappa shape index (κ1) is 17.0. The van der Waals surface area contributed by atoms with E-state index in [1.54, 1.807) is 18.2 Å². The van der Waals surface area contributed by atoms with Crippen molar-refractivity contribution in [3.05, 3.63) is 70.1 Å².